The maximum absolute atomic E-state index is 11.1. The van der Waals surface area contributed by atoms with Crippen LogP contribution in [0.1, 0.15) is 5.56 Å². The SMILES string of the molecule is COC(=O)C(N)Cc1cncc(OC)c1. The van der Waals surface area contributed by atoms with E-state index >= 15 is 0 Å². The molecule has 1 rings (SSSR count). The van der Waals surface area contributed by atoms with E-state index in [0.717, 1.165) is 5.56 Å². The van der Waals surface area contributed by atoms with E-state index in [1.165, 1.54) is 7.11 Å². The van der Waals surface area contributed by atoms with Gasteiger partial charge in [0.2, 0.25) is 0 Å². The third-order valence-corrected chi connectivity index (χ3v) is 1.97. The Morgan fingerprint density at radius 1 is 1.53 bits per heavy atom. The van der Waals surface area contributed by atoms with Gasteiger partial charge in [0.25, 0.3) is 0 Å². The number of ether oxygens (including phenoxy) is 2. The van der Waals surface area contributed by atoms with Crippen molar-refractivity contribution < 1.29 is 14.3 Å². The summed E-state index contributed by atoms with van der Waals surface area (Å²) in [6, 6.07) is 1.12. The van der Waals surface area contributed by atoms with Gasteiger partial charge in [-0.3, -0.25) is 9.78 Å². The summed E-state index contributed by atoms with van der Waals surface area (Å²) in [4.78, 5) is 15.0. The Kier molecular flexibility index (Phi) is 4.05. The summed E-state index contributed by atoms with van der Waals surface area (Å²) in [7, 11) is 2.87. The van der Waals surface area contributed by atoms with Crippen molar-refractivity contribution in [3.63, 3.8) is 0 Å². The molecular weight excluding hydrogens is 196 g/mol. The van der Waals surface area contributed by atoms with E-state index in [9.17, 15) is 4.79 Å². The molecule has 0 spiro atoms. The Balaban J connectivity index is 2.67. The van der Waals surface area contributed by atoms with Gasteiger partial charge in [-0.05, 0) is 18.1 Å². The Hall–Kier alpha value is -1.62. The molecule has 82 valence electrons. The summed E-state index contributed by atoms with van der Waals surface area (Å²) >= 11 is 0. The minimum absolute atomic E-state index is 0.386. The van der Waals surface area contributed by atoms with Crippen LogP contribution in [0.3, 0.4) is 0 Å². The zero-order chi connectivity index (χ0) is 11.3. The molecule has 1 unspecified atom stereocenters. The number of carbonyl (C=O) groups excluding carboxylic acids is 1. The number of carbonyl (C=O) groups is 1. The third-order valence-electron chi connectivity index (χ3n) is 1.97. The number of aromatic nitrogens is 1. The molecule has 0 saturated heterocycles. The minimum Gasteiger partial charge on any atom is -0.495 e. The highest BCUT2D eigenvalue weighted by Gasteiger charge is 2.14. The van der Waals surface area contributed by atoms with Crippen LogP contribution >= 0.6 is 0 Å². The highest BCUT2D eigenvalue weighted by Crippen LogP contribution is 2.11. The van der Waals surface area contributed by atoms with Crippen molar-refractivity contribution in [3.05, 3.63) is 24.0 Å². The van der Waals surface area contributed by atoms with E-state index in [0.29, 0.717) is 12.2 Å². The first kappa shape index (κ1) is 11.5. The van der Waals surface area contributed by atoms with Gasteiger partial charge in [0.1, 0.15) is 11.8 Å². The predicted octanol–water partition coefficient (Wildman–Crippen LogP) is 0.133. The van der Waals surface area contributed by atoms with Gasteiger partial charge in [0, 0.05) is 6.20 Å². The van der Waals surface area contributed by atoms with Crippen molar-refractivity contribution in [2.24, 2.45) is 5.73 Å². The van der Waals surface area contributed by atoms with Crippen LogP contribution in [-0.4, -0.2) is 31.2 Å². The lowest BCUT2D eigenvalue weighted by Crippen LogP contribution is -2.33. The fourth-order valence-corrected chi connectivity index (χ4v) is 1.18. The summed E-state index contributed by atoms with van der Waals surface area (Å²) in [6.07, 6.45) is 3.62. The zero-order valence-electron chi connectivity index (χ0n) is 8.77. The van der Waals surface area contributed by atoms with E-state index in [-0.39, 0.29) is 0 Å². The van der Waals surface area contributed by atoms with Crippen molar-refractivity contribution in [1.29, 1.82) is 0 Å². The van der Waals surface area contributed by atoms with Crippen LogP contribution in [-0.2, 0) is 16.0 Å². The number of esters is 1. The Morgan fingerprint density at radius 2 is 2.27 bits per heavy atom. The van der Waals surface area contributed by atoms with Crippen molar-refractivity contribution in [2.45, 2.75) is 12.5 Å². The molecular formula is C10H14N2O3. The molecule has 5 nitrogen and oxygen atoms in total. The number of rotatable bonds is 4. The average molecular weight is 210 g/mol. The smallest absolute Gasteiger partial charge is 0.322 e. The first-order chi connectivity index (χ1) is 7.17. The van der Waals surface area contributed by atoms with Gasteiger partial charge in [-0.2, -0.15) is 0 Å². The molecule has 0 aliphatic carbocycles. The molecule has 0 bridgehead atoms. The molecule has 1 aromatic heterocycles. The molecule has 0 amide bonds. The van der Waals surface area contributed by atoms with E-state index in [1.807, 2.05) is 0 Å². The molecule has 15 heavy (non-hydrogen) atoms. The van der Waals surface area contributed by atoms with Crippen LogP contribution < -0.4 is 10.5 Å². The fourth-order valence-electron chi connectivity index (χ4n) is 1.18. The predicted molar refractivity (Wildman–Crippen MR) is 54.5 cm³/mol. The summed E-state index contributed by atoms with van der Waals surface area (Å²) in [5, 5.41) is 0. The Labute approximate surface area is 88.2 Å². The van der Waals surface area contributed by atoms with Gasteiger partial charge in [-0.1, -0.05) is 0 Å². The average Bonchev–Trinajstić information content (AvgIpc) is 2.28. The van der Waals surface area contributed by atoms with Crippen LogP contribution in [0.2, 0.25) is 0 Å². The topological polar surface area (TPSA) is 74.4 Å². The number of nitrogens with two attached hydrogens (primary N) is 1. The quantitative estimate of drug-likeness (QED) is 0.715. The molecule has 1 heterocycles. The molecule has 0 aromatic carbocycles. The normalized spacial score (nSPS) is 11.9. The largest absolute Gasteiger partial charge is 0.495 e. The number of methoxy groups -OCH3 is 2. The first-order valence-electron chi connectivity index (χ1n) is 4.48. The lowest BCUT2D eigenvalue weighted by Gasteiger charge is -2.09. The zero-order valence-corrected chi connectivity index (χ0v) is 8.77. The van der Waals surface area contributed by atoms with Crippen LogP contribution in [0, 0.1) is 0 Å². The second-order valence-electron chi connectivity index (χ2n) is 3.07. The highest BCUT2D eigenvalue weighted by molar-refractivity contribution is 5.75. The van der Waals surface area contributed by atoms with E-state index in [2.05, 4.69) is 9.72 Å². The summed E-state index contributed by atoms with van der Waals surface area (Å²) in [5.74, 6) is 0.211. The van der Waals surface area contributed by atoms with E-state index < -0.39 is 12.0 Å². The number of hydrogen-bond donors (Lipinski definition) is 1. The highest BCUT2D eigenvalue weighted by atomic mass is 16.5. The number of pyridine rings is 1. The third kappa shape index (κ3) is 3.21. The van der Waals surface area contributed by atoms with E-state index in [4.69, 9.17) is 10.5 Å². The molecule has 0 aliphatic rings. The molecule has 0 radical (unpaired) electrons. The monoisotopic (exact) mass is 210 g/mol. The Morgan fingerprint density at radius 3 is 2.87 bits per heavy atom. The van der Waals surface area contributed by atoms with Crippen molar-refractivity contribution >= 4 is 5.97 Å². The second-order valence-corrected chi connectivity index (χ2v) is 3.07. The number of hydrogen-bond acceptors (Lipinski definition) is 5. The Bertz CT molecular complexity index is 341. The van der Waals surface area contributed by atoms with Gasteiger partial charge in [-0.25, -0.2) is 0 Å². The van der Waals surface area contributed by atoms with Crippen LogP contribution in [0.5, 0.6) is 5.75 Å². The maximum Gasteiger partial charge on any atom is 0.322 e. The lowest BCUT2D eigenvalue weighted by atomic mass is 10.1. The fraction of sp³-hybridized carbons (Fsp3) is 0.400. The summed E-state index contributed by atoms with van der Waals surface area (Å²) < 4.78 is 9.53. The molecule has 1 aromatic rings. The molecule has 0 fully saturated rings. The standard InChI is InChI=1S/C10H14N2O3/c1-14-8-3-7(5-12-6-8)4-9(11)10(13)15-2/h3,5-6,9H,4,11H2,1-2H3. The molecule has 1 atom stereocenters. The summed E-state index contributed by atoms with van der Waals surface area (Å²) in [5.41, 5.74) is 6.45. The van der Waals surface area contributed by atoms with Gasteiger partial charge >= 0.3 is 5.97 Å². The first-order valence-corrected chi connectivity index (χ1v) is 4.48. The van der Waals surface area contributed by atoms with Crippen LogP contribution in [0.15, 0.2) is 18.5 Å². The molecule has 0 saturated carbocycles. The van der Waals surface area contributed by atoms with E-state index in [1.54, 1.807) is 25.6 Å². The van der Waals surface area contributed by atoms with Gasteiger partial charge in [0.15, 0.2) is 0 Å². The van der Waals surface area contributed by atoms with Crippen LogP contribution in [0.4, 0.5) is 0 Å². The lowest BCUT2D eigenvalue weighted by molar-refractivity contribution is -0.142. The molecule has 2 N–H and O–H groups in total. The van der Waals surface area contributed by atoms with Crippen molar-refractivity contribution in [1.82, 2.24) is 4.98 Å². The van der Waals surface area contributed by atoms with Crippen molar-refractivity contribution in [2.75, 3.05) is 14.2 Å². The van der Waals surface area contributed by atoms with Gasteiger partial charge < -0.3 is 15.2 Å². The second kappa shape index (κ2) is 5.31. The summed E-state index contributed by atoms with van der Waals surface area (Å²) in [6.45, 7) is 0. The molecule has 5 heteroatoms. The van der Waals surface area contributed by atoms with Gasteiger partial charge in [0.05, 0.1) is 20.4 Å². The van der Waals surface area contributed by atoms with Crippen molar-refractivity contribution in [3.8, 4) is 5.75 Å². The molecule has 0 aliphatic heterocycles. The van der Waals surface area contributed by atoms with Crippen LogP contribution in [0.25, 0.3) is 0 Å². The minimum atomic E-state index is -0.663. The maximum atomic E-state index is 11.1. The van der Waals surface area contributed by atoms with Gasteiger partial charge in [-0.15, -0.1) is 0 Å². The number of nitrogens with zero attached hydrogens (tertiary/aromatic N) is 1.